The first-order valence-corrected chi connectivity index (χ1v) is 5.38. The highest BCUT2D eigenvalue weighted by molar-refractivity contribution is 6.34. The van der Waals surface area contributed by atoms with E-state index in [1.54, 1.807) is 18.2 Å². The van der Waals surface area contributed by atoms with E-state index in [2.05, 4.69) is 5.32 Å². The van der Waals surface area contributed by atoms with E-state index in [1.807, 2.05) is 12.1 Å². The van der Waals surface area contributed by atoms with E-state index in [9.17, 15) is 4.79 Å². The lowest BCUT2D eigenvalue weighted by atomic mass is 9.77. The van der Waals surface area contributed by atoms with Crippen molar-refractivity contribution in [3.05, 3.63) is 28.8 Å². The van der Waals surface area contributed by atoms with Crippen molar-refractivity contribution in [2.45, 2.75) is 18.3 Å². The molecule has 0 bridgehead atoms. The van der Waals surface area contributed by atoms with E-state index in [4.69, 9.17) is 22.1 Å². The molecule has 1 aromatic carbocycles. The SMILES string of the molecule is N#CCC1(CC#N)C(=O)Nc2c(Cl)cccc21. The highest BCUT2D eigenvalue weighted by Gasteiger charge is 2.47. The van der Waals surface area contributed by atoms with Crippen LogP contribution in [0.4, 0.5) is 5.69 Å². The Morgan fingerprint density at radius 2 is 1.94 bits per heavy atom. The molecule has 0 atom stereocenters. The number of amides is 1. The van der Waals surface area contributed by atoms with E-state index >= 15 is 0 Å². The maximum absolute atomic E-state index is 12.0. The summed E-state index contributed by atoms with van der Waals surface area (Å²) in [7, 11) is 0. The number of fused-ring (bicyclic) bond motifs is 1. The van der Waals surface area contributed by atoms with Gasteiger partial charge in [0.2, 0.25) is 5.91 Å². The van der Waals surface area contributed by atoms with Gasteiger partial charge in [-0.2, -0.15) is 10.5 Å². The van der Waals surface area contributed by atoms with Gasteiger partial charge in [-0.25, -0.2) is 0 Å². The second-order valence-electron chi connectivity index (χ2n) is 3.87. The zero-order valence-corrected chi connectivity index (χ0v) is 9.58. The summed E-state index contributed by atoms with van der Waals surface area (Å²) in [5.74, 6) is -0.330. The molecule has 0 spiro atoms. The molecule has 0 radical (unpaired) electrons. The number of hydrogen-bond donors (Lipinski definition) is 1. The number of nitrogens with one attached hydrogen (secondary N) is 1. The van der Waals surface area contributed by atoms with Crippen molar-refractivity contribution in [1.29, 1.82) is 10.5 Å². The second kappa shape index (κ2) is 4.08. The fourth-order valence-electron chi connectivity index (χ4n) is 2.09. The van der Waals surface area contributed by atoms with Crippen LogP contribution >= 0.6 is 11.6 Å². The van der Waals surface area contributed by atoms with E-state index in [-0.39, 0.29) is 18.7 Å². The Balaban J connectivity index is 2.64. The van der Waals surface area contributed by atoms with E-state index in [1.165, 1.54) is 0 Å². The number of hydrogen-bond acceptors (Lipinski definition) is 3. The van der Waals surface area contributed by atoms with Crippen molar-refractivity contribution in [1.82, 2.24) is 0 Å². The fourth-order valence-corrected chi connectivity index (χ4v) is 2.31. The number of benzene rings is 1. The average Bonchev–Trinajstić information content (AvgIpc) is 2.56. The number of carbonyl (C=O) groups is 1. The Kier molecular flexibility index (Phi) is 2.75. The number of halogens is 1. The number of nitriles is 2. The molecule has 2 rings (SSSR count). The summed E-state index contributed by atoms with van der Waals surface area (Å²) in [6, 6.07) is 9.05. The summed E-state index contributed by atoms with van der Waals surface area (Å²) in [4.78, 5) is 12.0. The Hall–Kier alpha value is -2.04. The van der Waals surface area contributed by atoms with Crippen LogP contribution in [0.2, 0.25) is 5.02 Å². The lowest BCUT2D eigenvalue weighted by molar-refractivity contribution is -0.120. The predicted octanol–water partition coefficient (Wildman–Crippen LogP) is 2.36. The number of carbonyl (C=O) groups excluding carboxylic acids is 1. The summed E-state index contributed by atoms with van der Waals surface area (Å²) in [5, 5.41) is 20.8. The molecule has 1 aromatic rings. The van der Waals surface area contributed by atoms with Crippen molar-refractivity contribution in [3.8, 4) is 12.1 Å². The van der Waals surface area contributed by atoms with Gasteiger partial charge in [-0.3, -0.25) is 4.79 Å². The van der Waals surface area contributed by atoms with Crippen molar-refractivity contribution in [2.24, 2.45) is 0 Å². The Bertz CT molecular complexity index is 552. The zero-order chi connectivity index (χ0) is 12.5. The summed E-state index contributed by atoms with van der Waals surface area (Å²) in [6.45, 7) is 0. The Morgan fingerprint density at radius 3 is 2.53 bits per heavy atom. The Morgan fingerprint density at radius 1 is 1.29 bits per heavy atom. The monoisotopic (exact) mass is 245 g/mol. The molecule has 1 amide bonds. The van der Waals surface area contributed by atoms with Crippen LogP contribution in [0.15, 0.2) is 18.2 Å². The number of rotatable bonds is 2. The maximum atomic E-state index is 12.0. The van der Waals surface area contributed by atoms with Gasteiger partial charge in [0.1, 0.15) is 5.41 Å². The quantitative estimate of drug-likeness (QED) is 0.869. The van der Waals surface area contributed by atoms with Crippen LogP contribution in [0.1, 0.15) is 18.4 Å². The minimum Gasteiger partial charge on any atom is -0.324 e. The normalized spacial score (nSPS) is 15.6. The summed E-state index contributed by atoms with van der Waals surface area (Å²) >= 11 is 5.98. The highest BCUT2D eigenvalue weighted by Crippen LogP contribution is 2.45. The minimum atomic E-state index is -1.08. The molecule has 1 aliphatic heterocycles. The molecule has 0 saturated carbocycles. The molecule has 17 heavy (non-hydrogen) atoms. The van der Waals surface area contributed by atoms with E-state index in [0.717, 1.165) is 0 Å². The second-order valence-corrected chi connectivity index (χ2v) is 4.28. The topological polar surface area (TPSA) is 76.7 Å². The van der Waals surface area contributed by atoms with E-state index < -0.39 is 5.41 Å². The third kappa shape index (κ3) is 1.54. The van der Waals surface area contributed by atoms with Crippen molar-refractivity contribution < 1.29 is 4.79 Å². The summed E-state index contributed by atoms with van der Waals surface area (Å²) in [5.41, 5.74) is 0.0757. The predicted molar refractivity (Wildman–Crippen MR) is 62.2 cm³/mol. The van der Waals surface area contributed by atoms with Crippen LogP contribution in [-0.2, 0) is 10.2 Å². The lowest BCUT2D eigenvalue weighted by Gasteiger charge is -2.20. The third-order valence-corrected chi connectivity index (χ3v) is 3.28. The van der Waals surface area contributed by atoms with Gasteiger partial charge >= 0.3 is 0 Å². The number of nitrogens with zero attached hydrogens (tertiary/aromatic N) is 2. The maximum Gasteiger partial charge on any atom is 0.237 e. The third-order valence-electron chi connectivity index (χ3n) is 2.96. The molecular formula is C12H8ClN3O. The van der Waals surface area contributed by atoms with Gasteiger partial charge in [0, 0.05) is 0 Å². The van der Waals surface area contributed by atoms with Crippen LogP contribution in [-0.4, -0.2) is 5.91 Å². The molecule has 1 heterocycles. The average molecular weight is 246 g/mol. The largest absolute Gasteiger partial charge is 0.324 e. The Labute approximate surface area is 103 Å². The summed E-state index contributed by atoms with van der Waals surface area (Å²) in [6.07, 6.45) is -0.0561. The van der Waals surface area contributed by atoms with Crippen molar-refractivity contribution >= 4 is 23.2 Å². The van der Waals surface area contributed by atoms with Gasteiger partial charge in [-0.1, -0.05) is 23.7 Å². The van der Waals surface area contributed by atoms with Gasteiger partial charge in [-0.05, 0) is 11.6 Å². The number of para-hydroxylation sites is 1. The molecule has 0 aromatic heterocycles. The first kappa shape index (κ1) is 11.4. The van der Waals surface area contributed by atoms with Crippen molar-refractivity contribution in [2.75, 3.05) is 5.32 Å². The molecule has 0 aliphatic carbocycles. The fraction of sp³-hybridized carbons (Fsp3) is 0.250. The van der Waals surface area contributed by atoms with Crippen LogP contribution in [0, 0.1) is 22.7 Å². The standard InChI is InChI=1S/C12H8ClN3O/c13-9-3-1-2-8-10(9)16-11(17)12(8,4-6-14)5-7-15/h1-3H,4-5H2,(H,16,17). The molecule has 5 heteroatoms. The molecule has 0 fully saturated rings. The van der Waals surface area contributed by atoms with Crippen LogP contribution in [0.3, 0.4) is 0 Å². The molecule has 1 aliphatic rings. The molecule has 0 saturated heterocycles. The van der Waals surface area contributed by atoms with Crippen LogP contribution in [0.5, 0.6) is 0 Å². The van der Waals surface area contributed by atoms with Gasteiger partial charge in [0.15, 0.2) is 0 Å². The smallest absolute Gasteiger partial charge is 0.237 e. The van der Waals surface area contributed by atoms with Gasteiger partial charge in [0.25, 0.3) is 0 Å². The molecule has 84 valence electrons. The summed E-state index contributed by atoms with van der Waals surface area (Å²) < 4.78 is 0. The van der Waals surface area contributed by atoms with E-state index in [0.29, 0.717) is 16.3 Å². The zero-order valence-electron chi connectivity index (χ0n) is 8.83. The highest BCUT2D eigenvalue weighted by atomic mass is 35.5. The lowest BCUT2D eigenvalue weighted by Crippen LogP contribution is -2.33. The van der Waals surface area contributed by atoms with Crippen LogP contribution in [0.25, 0.3) is 0 Å². The van der Waals surface area contributed by atoms with Crippen LogP contribution < -0.4 is 5.32 Å². The molecular weight excluding hydrogens is 238 g/mol. The molecule has 0 unspecified atom stereocenters. The number of anilines is 1. The van der Waals surface area contributed by atoms with Gasteiger partial charge in [-0.15, -0.1) is 0 Å². The van der Waals surface area contributed by atoms with Crippen molar-refractivity contribution in [3.63, 3.8) is 0 Å². The molecule has 1 N–H and O–H groups in total. The van der Waals surface area contributed by atoms with Gasteiger partial charge in [0.05, 0.1) is 35.7 Å². The molecule has 4 nitrogen and oxygen atoms in total. The van der Waals surface area contributed by atoms with Gasteiger partial charge < -0.3 is 5.32 Å². The minimum absolute atomic E-state index is 0.0280. The first-order valence-electron chi connectivity index (χ1n) is 5.00. The first-order chi connectivity index (χ1) is 8.15.